The van der Waals surface area contributed by atoms with Gasteiger partial charge >= 0.3 is 0 Å². The second-order valence-corrected chi connectivity index (χ2v) is 3.01. The predicted molar refractivity (Wildman–Crippen MR) is 53.6 cm³/mol. The van der Waals surface area contributed by atoms with Crippen LogP contribution in [-0.2, 0) is 0 Å². The molecule has 0 unspecified atom stereocenters. The van der Waals surface area contributed by atoms with Gasteiger partial charge in [-0.2, -0.15) is 5.26 Å². The smallest absolute Gasteiger partial charge is 0.197 e. The minimum atomic E-state index is 0.163. The molecule has 0 aliphatic heterocycles. The van der Waals surface area contributed by atoms with E-state index in [2.05, 4.69) is 9.97 Å². The van der Waals surface area contributed by atoms with Gasteiger partial charge in [0.05, 0.1) is 6.20 Å². The van der Waals surface area contributed by atoms with Crippen LogP contribution in [0.1, 0.15) is 11.3 Å². The van der Waals surface area contributed by atoms with Crippen LogP contribution in [-0.4, -0.2) is 9.97 Å². The summed E-state index contributed by atoms with van der Waals surface area (Å²) in [5.74, 6) is 1.87. The van der Waals surface area contributed by atoms with Crippen LogP contribution < -0.4 is 5.73 Å². The van der Waals surface area contributed by atoms with E-state index in [-0.39, 0.29) is 11.4 Å². The first-order valence-electron chi connectivity index (χ1n) is 4.30. The van der Waals surface area contributed by atoms with Crippen molar-refractivity contribution in [3.05, 3.63) is 29.7 Å². The topological polar surface area (TPSA) is 88.7 Å². The number of hydrogen-bond donors (Lipinski definition) is 1. The summed E-state index contributed by atoms with van der Waals surface area (Å²) in [6.45, 7) is 1.83. The van der Waals surface area contributed by atoms with Gasteiger partial charge in [-0.15, -0.1) is 0 Å². The quantitative estimate of drug-likeness (QED) is 0.753. The molecule has 0 atom stereocenters. The van der Waals surface area contributed by atoms with Gasteiger partial charge in [0.15, 0.2) is 11.6 Å². The van der Waals surface area contributed by atoms with Crippen molar-refractivity contribution in [1.29, 1.82) is 5.26 Å². The number of nitriles is 1. The van der Waals surface area contributed by atoms with Gasteiger partial charge in [-0.25, -0.2) is 9.97 Å². The zero-order valence-electron chi connectivity index (χ0n) is 8.06. The first-order chi connectivity index (χ1) is 7.20. The monoisotopic (exact) mass is 200 g/mol. The lowest BCUT2D eigenvalue weighted by Crippen LogP contribution is -1.98. The van der Waals surface area contributed by atoms with E-state index < -0.39 is 0 Å². The summed E-state index contributed by atoms with van der Waals surface area (Å²) in [6, 6.07) is 5.47. The van der Waals surface area contributed by atoms with Crippen LogP contribution in [0.3, 0.4) is 0 Å². The Morgan fingerprint density at radius 1 is 1.47 bits per heavy atom. The van der Waals surface area contributed by atoms with Crippen LogP contribution in [0.5, 0.6) is 0 Å². The van der Waals surface area contributed by atoms with E-state index >= 15 is 0 Å². The number of nitrogen functional groups attached to an aromatic ring is 1. The number of aromatic nitrogens is 2. The first kappa shape index (κ1) is 9.21. The largest absolute Gasteiger partial charge is 0.458 e. The third-order valence-corrected chi connectivity index (χ3v) is 1.90. The molecular weight excluding hydrogens is 192 g/mol. The van der Waals surface area contributed by atoms with Crippen LogP contribution in [0.2, 0.25) is 0 Å². The van der Waals surface area contributed by atoms with Gasteiger partial charge in [0.25, 0.3) is 0 Å². The molecule has 0 radical (unpaired) electrons. The van der Waals surface area contributed by atoms with Gasteiger partial charge in [-0.3, -0.25) is 0 Å². The molecular formula is C10H8N4O. The Morgan fingerprint density at radius 3 is 2.80 bits per heavy atom. The van der Waals surface area contributed by atoms with Crippen LogP contribution in [0.4, 0.5) is 5.82 Å². The maximum atomic E-state index is 8.65. The fourth-order valence-electron chi connectivity index (χ4n) is 1.15. The van der Waals surface area contributed by atoms with E-state index in [4.69, 9.17) is 15.4 Å². The normalized spacial score (nSPS) is 9.87. The second kappa shape index (κ2) is 3.42. The molecule has 5 nitrogen and oxygen atoms in total. The molecule has 0 spiro atoms. The molecule has 2 aromatic heterocycles. The van der Waals surface area contributed by atoms with Gasteiger partial charge in [-0.05, 0) is 19.1 Å². The minimum absolute atomic E-state index is 0.163. The van der Waals surface area contributed by atoms with E-state index in [0.29, 0.717) is 11.6 Å². The number of rotatable bonds is 1. The Morgan fingerprint density at radius 2 is 2.27 bits per heavy atom. The molecule has 0 aliphatic rings. The molecule has 0 saturated carbocycles. The summed E-state index contributed by atoms with van der Waals surface area (Å²) in [5, 5.41) is 8.65. The first-order valence-corrected chi connectivity index (χ1v) is 4.30. The highest BCUT2D eigenvalue weighted by Gasteiger charge is 2.08. The van der Waals surface area contributed by atoms with E-state index in [1.54, 1.807) is 6.07 Å². The number of nitrogens with zero attached hydrogens (tertiary/aromatic N) is 3. The molecule has 0 saturated heterocycles. The summed E-state index contributed by atoms with van der Waals surface area (Å²) in [6.07, 6.45) is 1.38. The molecule has 74 valence electrons. The third-order valence-electron chi connectivity index (χ3n) is 1.90. The number of anilines is 1. The van der Waals surface area contributed by atoms with E-state index in [0.717, 1.165) is 5.76 Å². The van der Waals surface area contributed by atoms with Crippen molar-refractivity contribution in [1.82, 2.24) is 9.97 Å². The van der Waals surface area contributed by atoms with Gasteiger partial charge in [0, 0.05) is 0 Å². The zero-order chi connectivity index (χ0) is 10.8. The van der Waals surface area contributed by atoms with Gasteiger partial charge < -0.3 is 10.2 Å². The summed E-state index contributed by atoms with van der Waals surface area (Å²) in [5.41, 5.74) is 5.83. The number of nitrogens with two attached hydrogens (primary N) is 1. The zero-order valence-corrected chi connectivity index (χ0v) is 8.06. The Labute approximate surface area is 86.2 Å². The maximum Gasteiger partial charge on any atom is 0.197 e. The highest BCUT2D eigenvalue weighted by atomic mass is 16.3. The number of aryl methyl sites for hydroxylation is 1. The Balaban J connectivity index is 2.48. The van der Waals surface area contributed by atoms with Crippen LogP contribution in [0, 0.1) is 18.3 Å². The van der Waals surface area contributed by atoms with Gasteiger partial charge in [0.1, 0.15) is 23.2 Å². The van der Waals surface area contributed by atoms with Crippen molar-refractivity contribution in [3.8, 4) is 17.7 Å². The standard InChI is InChI=1S/C10H8N4O/c1-6-2-3-8(15-6)10-13-5-7(4-11)9(12)14-10/h2-3,5H,1H3,(H2,12,13,14). The Bertz CT molecular complexity index is 539. The maximum absolute atomic E-state index is 8.65. The lowest BCUT2D eigenvalue weighted by molar-refractivity contribution is 0.544. The number of furan rings is 1. The molecule has 0 fully saturated rings. The summed E-state index contributed by atoms with van der Waals surface area (Å²) in [7, 11) is 0. The van der Waals surface area contributed by atoms with Crippen LogP contribution >= 0.6 is 0 Å². The van der Waals surface area contributed by atoms with Crippen molar-refractivity contribution in [2.75, 3.05) is 5.73 Å². The minimum Gasteiger partial charge on any atom is -0.458 e. The highest BCUT2D eigenvalue weighted by Crippen LogP contribution is 2.19. The van der Waals surface area contributed by atoms with Crippen molar-refractivity contribution >= 4 is 5.82 Å². The Kier molecular flexibility index (Phi) is 2.10. The summed E-state index contributed by atoms with van der Waals surface area (Å²) >= 11 is 0. The van der Waals surface area contributed by atoms with Crippen molar-refractivity contribution in [2.45, 2.75) is 6.92 Å². The van der Waals surface area contributed by atoms with Crippen molar-refractivity contribution in [3.63, 3.8) is 0 Å². The van der Waals surface area contributed by atoms with Gasteiger partial charge in [-0.1, -0.05) is 0 Å². The molecule has 15 heavy (non-hydrogen) atoms. The van der Waals surface area contributed by atoms with E-state index in [9.17, 15) is 0 Å². The number of hydrogen-bond acceptors (Lipinski definition) is 5. The summed E-state index contributed by atoms with van der Waals surface area (Å²) in [4.78, 5) is 7.96. The molecule has 2 heterocycles. The molecule has 0 aliphatic carbocycles. The van der Waals surface area contributed by atoms with E-state index in [1.165, 1.54) is 6.20 Å². The lowest BCUT2D eigenvalue weighted by Gasteiger charge is -1.98. The predicted octanol–water partition coefficient (Wildman–Crippen LogP) is 1.50. The molecule has 5 heteroatoms. The van der Waals surface area contributed by atoms with Crippen molar-refractivity contribution < 1.29 is 4.42 Å². The molecule has 2 aromatic rings. The average molecular weight is 200 g/mol. The van der Waals surface area contributed by atoms with Gasteiger partial charge in [0.2, 0.25) is 0 Å². The molecule has 2 rings (SSSR count). The SMILES string of the molecule is Cc1ccc(-c2ncc(C#N)c(N)n2)o1. The molecule has 0 bridgehead atoms. The molecule has 0 amide bonds. The Hall–Kier alpha value is -2.35. The fourth-order valence-corrected chi connectivity index (χ4v) is 1.15. The molecule has 0 aromatic carbocycles. The summed E-state index contributed by atoms with van der Waals surface area (Å²) < 4.78 is 5.33. The van der Waals surface area contributed by atoms with Crippen LogP contribution in [0.25, 0.3) is 11.6 Å². The fraction of sp³-hybridized carbons (Fsp3) is 0.100. The van der Waals surface area contributed by atoms with Crippen LogP contribution in [0.15, 0.2) is 22.7 Å². The third kappa shape index (κ3) is 1.65. The highest BCUT2D eigenvalue weighted by molar-refractivity contribution is 5.54. The van der Waals surface area contributed by atoms with Crippen molar-refractivity contribution in [2.24, 2.45) is 0 Å². The molecule has 2 N–H and O–H groups in total. The average Bonchev–Trinajstić information content (AvgIpc) is 2.65. The second-order valence-electron chi connectivity index (χ2n) is 3.01. The lowest BCUT2D eigenvalue weighted by atomic mass is 10.3. The van der Waals surface area contributed by atoms with E-state index in [1.807, 2.05) is 19.1 Å².